The van der Waals surface area contributed by atoms with Gasteiger partial charge in [0.25, 0.3) is 5.91 Å². The largest absolute Gasteiger partial charge is 0.376 e. The van der Waals surface area contributed by atoms with Crippen LogP contribution in [0.15, 0.2) is 30.5 Å². The van der Waals surface area contributed by atoms with Gasteiger partial charge in [-0.1, -0.05) is 18.2 Å². The van der Waals surface area contributed by atoms with E-state index in [1.807, 2.05) is 16.8 Å². The van der Waals surface area contributed by atoms with E-state index in [0.717, 1.165) is 49.2 Å². The number of aryl methyl sites for hydroxylation is 1. The lowest BCUT2D eigenvalue weighted by atomic mass is 10.1. The standard InChI is InChI=1S/C19H23N3O2/c1-13-5-2-3-7-17(13)22-18(14-8-9-14)16(12-21-22)19(23)20-11-15-6-4-10-24-15/h2-3,5,7,12,14-15H,4,6,8-11H2,1H3,(H,20,23)/t15-/m0/s1. The number of carbonyl (C=O) groups excluding carboxylic acids is 1. The van der Waals surface area contributed by atoms with Crippen LogP contribution < -0.4 is 5.32 Å². The van der Waals surface area contributed by atoms with Crippen LogP contribution in [0, 0.1) is 6.92 Å². The van der Waals surface area contributed by atoms with Crippen LogP contribution in [-0.2, 0) is 4.74 Å². The Hall–Kier alpha value is -2.14. The van der Waals surface area contributed by atoms with Crippen molar-refractivity contribution in [1.29, 1.82) is 0 Å². The molecular formula is C19H23N3O2. The van der Waals surface area contributed by atoms with Crippen LogP contribution in [0.4, 0.5) is 0 Å². The monoisotopic (exact) mass is 325 g/mol. The molecule has 2 heterocycles. The van der Waals surface area contributed by atoms with E-state index in [2.05, 4.69) is 29.5 Å². The zero-order valence-corrected chi connectivity index (χ0v) is 14.0. The Morgan fingerprint density at radius 2 is 2.17 bits per heavy atom. The third-order valence-corrected chi connectivity index (χ3v) is 4.87. The number of nitrogens with one attached hydrogen (secondary N) is 1. The van der Waals surface area contributed by atoms with Gasteiger partial charge < -0.3 is 10.1 Å². The van der Waals surface area contributed by atoms with E-state index in [1.165, 1.54) is 0 Å². The van der Waals surface area contributed by atoms with Gasteiger partial charge in [-0.05, 0) is 44.2 Å². The van der Waals surface area contributed by atoms with Gasteiger partial charge in [-0.2, -0.15) is 5.10 Å². The average Bonchev–Trinajstić information content (AvgIpc) is 3.12. The summed E-state index contributed by atoms with van der Waals surface area (Å²) in [6.45, 7) is 3.46. The number of amides is 1. The minimum absolute atomic E-state index is 0.0350. The molecule has 1 amide bonds. The first kappa shape index (κ1) is 15.4. The fraction of sp³-hybridized carbons (Fsp3) is 0.474. The van der Waals surface area contributed by atoms with Gasteiger partial charge in [0.15, 0.2) is 0 Å². The van der Waals surface area contributed by atoms with Crippen LogP contribution in [0.3, 0.4) is 0 Å². The summed E-state index contributed by atoms with van der Waals surface area (Å²) in [5.74, 6) is 0.405. The van der Waals surface area contributed by atoms with Crippen molar-refractivity contribution in [3.05, 3.63) is 47.3 Å². The fourth-order valence-corrected chi connectivity index (χ4v) is 3.38. The van der Waals surface area contributed by atoms with Gasteiger partial charge in [-0.25, -0.2) is 4.68 Å². The lowest BCUT2D eigenvalue weighted by Gasteiger charge is -2.13. The van der Waals surface area contributed by atoms with E-state index in [0.29, 0.717) is 18.0 Å². The first-order valence-electron chi connectivity index (χ1n) is 8.78. The van der Waals surface area contributed by atoms with Crippen LogP contribution in [-0.4, -0.2) is 34.9 Å². The Morgan fingerprint density at radius 1 is 1.33 bits per heavy atom. The Morgan fingerprint density at radius 3 is 2.88 bits per heavy atom. The van der Waals surface area contributed by atoms with Crippen LogP contribution in [0.2, 0.25) is 0 Å². The summed E-state index contributed by atoms with van der Waals surface area (Å²) in [6, 6.07) is 8.17. The lowest BCUT2D eigenvalue weighted by Crippen LogP contribution is -2.32. The fourth-order valence-electron chi connectivity index (χ4n) is 3.38. The van der Waals surface area contributed by atoms with Crippen molar-refractivity contribution in [3.63, 3.8) is 0 Å². The van der Waals surface area contributed by atoms with E-state index in [-0.39, 0.29) is 12.0 Å². The molecule has 1 atom stereocenters. The number of benzene rings is 1. The number of aromatic nitrogens is 2. The summed E-state index contributed by atoms with van der Waals surface area (Å²) < 4.78 is 7.54. The summed E-state index contributed by atoms with van der Waals surface area (Å²) in [5, 5.41) is 7.56. The van der Waals surface area contributed by atoms with Crippen LogP contribution >= 0.6 is 0 Å². The second-order valence-corrected chi connectivity index (χ2v) is 6.76. The number of ether oxygens (including phenoxy) is 1. The predicted molar refractivity (Wildman–Crippen MR) is 91.6 cm³/mol. The minimum atomic E-state index is -0.0350. The smallest absolute Gasteiger partial charge is 0.254 e. The zero-order chi connectivity index (χ0) is 16.5. The maximum Gasteiger partial charge on any atom is 0.254 e. The highest BCUT2D eigenvalue weighted by molar-refractivity contribution is 5.95. The van der Waals surface area contributed by atoms with Gasteiger partial charge in [0.1, 0.15) is 0 Å². The van der Waals surface area contributed by atoms with Crippen molar-refractivity contribution in [2.24, 2.45) is 0 Å². The number of para-hydroxylation sites is 1. The van der Waals surface area contributed by atoms with E-state index < -0.39 is 0 Å². The van der Waals surface area contributed by atoms with Gasteiger partial charge in [-0.3, -0.25) is 4.79 Å². The summed E-state index contributed by atoms with van der Waals surface area (Å²) in [7, 11) is 0. The molecule has 0 radical (unpaired) electrons. The minimum Gasteiger partial charge on any atom is -0.376 e. The van der Waals surface area contributed by atoms with E-state index in [4.69, 9.17) is 4.74 Å². The number of nitrogens with zero attached hydrogens (tertiary/aromatic N) is 2. The predicted octanol–water partition coefficient (Wildman–Crippen LogP) is 2.97. The molecule has 1 aromatic carbocycles. The second kappa shape index (κ2) is 6.40. The Bertz CT molecular complexity index is 743. The van der Waals surface area contributed by atoms with Crippen LogP contribution in [0.25, 0.3) is 5.69 Å². The van der Waals surface area contributed by atoms with Gasteiger partial charge in [-0.15, -0.1) is 0 Å². The van der Waals surface area contributed by atoms with Crippen molar-refractivity contribution in [2.75, 3.05) is 13.2 Å². The molecule has 1 saturated heterocycles. The second-order valence-electron chi connectivity index (χ2n) is 6.76. The molecule has 24 heavy (non-hydrogen) atoms. The lowest BCUT2D eigenvalue weighted by molar-refractivity contribution is 0.0857. The van der Waals surface area contributed by atoms with Gasteiger partial charge in [0.05, 0.1) is 29.2 Å². The molecule has 5 heteroatoms. The summed E-state index contributed by atoms with van der Waals surface area (Å²) in [5.41, 5.74) is 3.97. The molecule has 1 N–H and O–H groups in total. The van der Waals surface area contributed by atoms with Gasteiger partial charge in [0, 0.05) is 19.1 Å². The quantitative estimate of drug-likeness (QED) is 0.919. The van der Waals surface area contributed by atoms with Crippen molar-refractivity contribution in [2.45, 2.75) is 44.6 Å². The molecule has 1 aromatic heterocycles. The number of hydrogen-bond acceptors (Lipinski definition) is 3. The normalized spacial score (nSPS) is 20.3. The molecule has 1 saturated carbocycles. The van der Waals surface area contributed by atoms with E-state index >= 15 is 0 Å². The Balaban J connectivity index is 1.59. The van der Waals surface area contributed by atoms with Crippen LogP contribution in [0.1, 0.15) is 53.2 Å². The maximum absolute atomic E-state index is 12.7. The third-order valence-electron chi connectivity index (χ3n) is 4.87. The molecule has 0 spiro atoms. The first-order valence-corrected chi connectivity index (χ1v) is 8.78. The average molecular weight is 325 g/mol. The Labute approximate surface area is 142 Å². The molecule has 5 nitrogen and oxygen atoms in total. The molecular weight excluding hydrogens is 302 g/mol. The highest BCUT2D eigenvalue weighted by Gasteiger charge is 2.33. The topological polar surface area (TPSA) is 56.2 Å². The maximum atomic E-state index is 12.7. The van der Waals surface area contributed by atoms with Crippen molar-refractivity contribution < 1.29 is 9.53 Å². The summed E-state index contributed by atoms with van der Waals surface area (Å²) >= 11 is 0. The Kier molecular flexibility index (Phi) is 4.10. The molecule has 1 aliphatic heterocycles. The van der Waals surface area contributed by atoms with Crippen molar-refractivity contribution in [1.82, 2.24) is 15.1 Å². The number of hydrogen-bond donors (Lipinski definition) is 1. The molecule has 0 bridgehead atoms. The van der Waals surface area contributed by atoms with E-state index in [9.17, 15) is 4.79 Å². The van der Waals surface area contributed by atoms with E-state index in [1.54, 1.807) is 6.20 Å². The molecule has 4 rings (SSSR count). The van der Waals surface area contributed by atoms with Crippen LogP contribution in [0.5, 0.6) is 0 Å². The summed E-state index contributed by atoms with van der Waals surface area (Å²) in [4.78, 5) is 12.7. The first-order chi connectivity index (χ1) is 11.7. The van der Waals surface area contributed by atoms with Crippen molar-refractivity contribution >= 4 is 5.91 Å². The highest BCUT2D eigenvalue weighted by atomic mass is 16.5. The highest BCUT2D eigenvalue weighted by Crippen LogP contribution is 2.42. The SMILES string of the molecule is Cc1ccccc1-n1ncc(C(=O)NC[C@@H]2CCCO2)c1C1CC1. The molecule has 1 aliphatic carbocycles. The molecule has 2 fully saturated rings. The summed E-state index contributed by atoms with van der Waals surface area (Å²) in [6.07, 6.45) is 6.24. The molecule has 2 aliphatic rings. The zero-order valence-electron chi connectivity index (χ0n) is 14.0. The third kappa shape index (κ3) is 2.96. The van der Waals surface area contributed by atoms with Gasteiger partial charge >= 0.3 is 0 Å². The molecule has 126 valence electrons. The van der Waals surface area contributed by atoms with Crippen molar-refractivity contribution in [3.8, 4) is 5.69 Å². The molecule has 0 unspecified atom stereocenters. The number of carbonyl (C=O) groups is 1. The number of rotatable bonds is 5. The molecule has 2 aromatic rings. The van der Waals surface area contributed by atoms with Gasteiger partial charge in [0.2, 0.25) is 0 Å².